The number of fused-ring (bicyclic) bond motifs is 1. The number of ether oxygens (including phenoxy) is 1. The number of para-hydroxylation sites is 1. The van der Waals surface area contributed by atoms with Gasteiger partial charge in [-0.05, 0) is 55.2 Å². The van der Waals surface area contributed by atoms with Crippen molar-refractivity contribution in [2.45, 2.75) is 25.2 Å². The van der Waals surface area contributed by atoms with Gasteiger partial charge in [0.2, 0.25) is 10.0 Å². The molecule has 2 aromatic carbocycles. The molecule has 0 fully saturated rings. The summed E-state index contributed by atoms with van der Waals surface area (Å²) < 4.78 is 35.5. The summed E-state index contributed by atoms with van der Waals surface area (Å²) in [4.78, 5) is 0.300. The SMILES string of the molecule is COc1cc(C)c(S(=O)(=O)NCCc2cn(C)c3ccccc23)cc1C. The van der Waals surface area contributed by atoms with Crippen LogP contribution in [-0.2, 0) is 23.5 Å². The molecule has 0 aliphatic heterocycles. The number of hydrogen-bond donors (Lipinski definition) is 1. The van der Waals surface area contributed by atoms with E-state index in [4.69, 9.17) is 4.74 Å². The molecule has 0 saturated carbocycles. The van der Waals surface area contributed by atoms with Crippen LogP contribution in [0.4, 0.5) is 0 Å². The minimum Gasteiger partial charge on any atom is -0.496 e. The van der Waals surface area contributed by atoms with E-state index >= 15 is 0 Å². The Morgan fingerprint density at radius 2 is 1.85 bits per heavy atom. The van der Waals surface area contributed by atoms with E-state index < -0.39 is 10.0 Å². The van der Waals surface area contributed by atoms with E-state index in [1.165, 1.54) is 0 Å². The van der Waals surface area contributed by atoms with E-state index in [2.05, 4.69) is 27.6 Å². The Bertz CT molecular complexity index is 1050. The van der Waals surface area contributed by atoms with E-state index in [-0.39, 0.29) is 0 Å². The van der Waals surface area contributed by atoms with Crippen LogP contribution in [0.5, 0.6) is 5.75 Å². The van der Waals surface area contributed by atoms with Crippen LogP contribution in [0.15, 0.2) is 47.5 Å². The van der Waals surface area contributed by atoms with Crippen LogP contribution in [0.1, 0.15) is 16.7 Å². The predicted molar refractivity (Wildman–Crippen MR) is 104 cm³/mol. The highest BCUT2D eigenvalue weighted by Crippen LogP contribution is 2.25. The smallest absolute Gasteiger partial charge is 0.240 e. The zero-order valence-corrected chi connectivity index (χ0v) is 16.4. The second-order valence-electron chi connectivity index (χ2n) is 6.52. The van der Waals surface area contributed by atoms with Crippen LogP contribution in [0.25, 0.3) is 10.9 Å². The molecule has 0 atom stereocenters. The molecule has 3 rings (SSSR count). The summed E-state index contributed by atoms with van der Waals surface area (Å²) in [6.07, 6.45) is 2.69. The van der Waals surface area contributed by atoms with Crippen LogP contribution in [-0.4, -0.2) is 26.6 Å². The summed E-state index contributed by atoms with van der Waals surface area (Å²) >= 11 is 0. The summed E-state index contributed by atoms with van der Waals surface area (Å²) in [5.41, 5.74) is 3.75. The number of nitrogens with one attached hydrogen (secondary N) is 1. The van der Waals surface area contributed by atoms with Gasteiger partial charge in [0.25, 0.3) is 0 Å². The first-order valence-corrected chi connectivity index (χ1v) is 9.99. The third-order valence-electron chi connectivity index (χ3n) is 4.65. The third kappa shape index (κ3) is 3.48. The summed E-state index contributed by atoms with van der Waals surface area (Å²) in [5.74, 6) is 0.692. The average Bonchev–Trinajstić information content (AvgIpc) is 2.93. The Morgan fingerprint density at radius 1 is 1.12 bits per heavy atom. The van der Waals surface area contributed by atoms with Crippen LogP contribution < -0.4 is 9.46 Å². The molecule has 0 spiro atoms. The molecule has 0 radical (unpaired) electrons. The number of methoxy groups -OCH3 is 1. The fourth-order valence-electron chi connectivity index (χ4n) is 3.30. The average molecular weight is 372 g/mol. The maximum absolute atomic E-state index is 12.7. The van der Waals surface area contributed by atoms with E-state index in [0.29, 0.717) is 29.2 Å². The monoisotopic (exact) mass is 372 g/mol. The van der Waals surface area contributed by atoms with Gasteiger partial charge in [-0.3, -0.25) is 0 Å². The first-order chi connectivity index (χ1) is 12.3. The van der Waals surface area contributed by atoms with Gasteiger partial charge < -0.3 is 9.30 Å². The highest BCUT2D eigenvalue weighted by molar-refractivity contribution is 7.89. The van der Waals surface area contributed by atoms with Gasteiger partial charge >= 0.3 is 0 Å². The fraction of sp³-hybridized carbons (Fsp3) is 0.300. The minimum absolute atomic E-state index is 0.300. The van der Waals surface area contributed by atoms with Crippen LogP contribution >= 0.6 is 0 Å². The number of rotatable bonds is 6. The Balaban J connectivity index is 1.78. The number of nitrogens with zero attached hydrogens (tertiary/aromatic N) is 1. The van der Waals surface area contributed by atoms with Gasteiger partial charge in [0.05, 0.1) is 12.0 Å². The van der Waals surface area contributed by atoms with Crippen LogP contribution in [0.3, 0.4) is 0 Å². The first kappa shape index (κ1) is 18.5. The van der Waals surface area contributed by atoms with Crippen molar-refractivity contribution >= 4 is 20.9 Å². The minimum atomic E-state index is -3.57. The van der Waals surface area contributed by atoms with Crippen molar-refractivity contribution in [2.75, 3.05) is 13.7 Å². The van der Waals surface area contributed by atoms with Gasteiger partial charge in [0.15, 0.2) is 0 Å². The largest absolute Gasteiger partial charge is 0.496 e. The van der Waals surface area contributed by atoms with Crippen molar-refractivity contribution in [1.29, 1.82) is 0 Å². The lowest BCUT2D eigenvalue weighted by molar-refractivity contribution is 0.411. The lowest BCUT2D eigenvalue weighted by Gasteiger charge is -2.12. The van der Waals surface area contributed by atoms with E-state index in [1.54, 1.807) is 26.2 Å². The van der Waals surface area contributed by atoms with Gasteiger partial charge in [-0.25, -0.2) is 13.1 Å². The number of aryl methyl sites for hydroxylation is 3. The third-order valence-corrected chi connectivity index (χ3v) is 6.25. The predicted octanol–water partition coefficient (Wildman–Crippen LogP) is 3.32. The molecule has 0 unspecified atom stereocenters. The van der Waals surface area contributed by atoms with E-state index in [0.717, 1.165) is 22.0 Å². The van der Waals surface area contributed by atoms with Crippen molar-refractivity contribution in [1.82, 2.24) is 9.29 Å². The van der Waals surface area contributed by atoms with Gasteiger partial charge in [0, 0.05) is 30.7 Å². The zero-order valence-electron chi connectivity index (χ0n) is 15.5. The molecule has 6 heteroatoms. The number of aromatic nitrogens is 1. The van der Waals surface area contributed by atoms with Crippen molar-refractivity contribution in [2.24, 2.45) is 7.05 Å². The van der Waals surface area contributed by atoms with Gasteiger partial charge in [0.1, 0.15) is 5.75 Å². The highest BCUT2D eigenvalue weighted by atomic mass is 32.2. The molecule has 0 amide bonds. The maximum atomic E-state index is 12.7. The van der Waals surface area contributed by atoms with Crippen molar-refractivity contribution in [3.8, 4) is 5.75 Å². The van der Waals surface area contributed by atoms with Crippen molar-refractivity contribution < 1.29 is 13.2 Å². The molecule has 3 aromatic rings. The maximum Gasteiger partial charge on any atom is 0.240 e. The highest BCUT2D eigenvalue weighted by Gasteiger charge is 2.18. The first-order valence-electron chi connectivity index (χ1n) is 8.51. The zero-order chi connectivity index (χ0) is 18.9. The lowest BCUT2D eigenvalue weighted by atomic mass is 10.1. The molecule has 1 aromatic heterocycles. The molecule has 5 nitrogen and oxygen atoms in total. The lowest BCUT2D eigenvalue weighted by Crippen LogP contribution is -2.26. The standard InChI is InChI=1S/C20H24N2O3S/c1-14-12-20(15(2)11-19(14)25-4)26(23,24)21-10-9-16-13-22(3)18-8-6-5-7-17(16)18/h5-8,11-13,21H,9-10H2,1-4H3. The molecule has 0 bridgehead atoms. The van der Waals surface area contributed by atoms with Crippen LogP contribution in [0, 0.1) is 13.8 Å². The van der Waals surface area contributed by atoms with Gasteiger partial charge in [-0.1, -0.05) is 18.2 Å². The van der Waals surface area contributed by atoms with Crippen molar-refractivity contribution in [3.05, 3.63) is 59.3 Å². The molecule has 1 heterocycles. The Kier molecular flexibility index (Phi) is 5.07. The van der Waals surface area contributed by atoms with E-state index in [1.807, 2.05) is 26.1 Å². The Hall–Kier alpha value is -2.31. The Morgan fingerprint density at radius 3 is 2.58 bits per heavy atom. The molecular weight excluding hydrogens is 348 g/mol. The fourth-order valence-corrected chi connectivity index (χ4v) is 4.64. The second-order valence-corrected chi connectivity index (χ2v) is 8.25. The van der Waals surface area contributed by atoms with Gasteiger partial charge in [-0.2, -0.15) is 0 Å². The molecule has 1 N–H and O–H groups in total. The van der Waals surface area contributed by atoms with Gasteiger partial charge in [-0.15, -0.1) is 0 Å². The molecule has 0 aliphatic rings. The topological polar surface area (TPSA) is 60.3 Å². The quantitative estimate of drug-likeness (QED) is 0.722. The second kappa shape index (κ2) is 7.13. The molecule has 138 valence electrons. The number of benzene rings is 2. The number of sulfonamides is 1. The Labute approximate surface area is 154 Å². The van der Waals surface area contributed by atoms with E-state index in [9.17, 15) is 8.42 Å². The van der Waals surface area contributed by atoms with Crippen LogP contribution in [0.2, 0.25) is 0 Å². The number of hydrogen-bond acceptors (Lipinski definition) is 3. The molecule has 26 heavy (non-hydrogen) atoms. The summed E-state index contributed by atoms with van der Waals surface area (Å²) in [5, 5.41) is 1.16. The molecule has 0 saturated heterocycles. The molecular formula is C20H24N2O3S. The molecule has 0 aliphatic carbocycles. The van der Waals surface area contributed by atoms with Crippen molar-refractivity contribution in [3.63, 3.8) is 0 Å². The summed E-state index contributed by atoms with van der Waals surface area (Å²) in [6.45, 7) is 3.97. The normalized spacial score (nSPS) is 11.8. The summed E-state index contributed by atoms with van der Waals surface area (Å²) in [7, 11) is 0.0138. The summed E-state index contributed by atoms with van der Waals surface area (Å²) in [6, 6.07) is 11.6.